The zero-order chi connectivity index (χ0) is 20.2. The standard InChI is InChI=1S/C22H29N3O2/c1-7-25(19-10-8-9-16(2)15-19)21(27)22(3,4)20(26)23-17-11-13-18(14-12-17)24(5)6/h8-15H,7H2,1-6H3,(H,23,26). The molecule has 27 heavy (non-hydrogen) atoms. The minimum atomic E-state index is -1.19. The van der Waals surface area contributed by atoms with Gasteiger partial charge >= 0.3 is 0 Å². The van der Waals surface area contributed by atoms with Gasteiger partial charge in [-0.3, -0.25) is 9.59 Å². The largest absolute Gasteiger partial charge is 0.378 e. The Labute approximate surface area is 162 Å². The minimum absolute atomic E-state index is 0.224. The quantitative estimate of drug-likeness (QED) is 0.783. The van der Waals surface area contributed by atoms with E-state index in [0.717, 1.165) is 16.9 Å². The van der Waals surface area contributed by atoms with Crippen LogP contribution in [0.25, 0.3) is 0 Å². The number of nitrogens with one attached hydrogen (secondary N) is 1. The average molecular weight is 367 g/mol. The van der Waals surface area contributed by atoms with Gasteiger partial charge in [0.15, 0.2) is 0 Å². The lowest BCUT2D eigenvalue weighted by Gasteiger charge is -2.30. The highest BCUT2D eigenvalue weighted by Crippen LogP contribution is 2.26. The molecule has 0 aliphatic rings. The van der Waals surface area contributed by atoms with Gasteiger partial charge in [0, 0.05) is 37.7 Å². The molecule has 144 valence electrons. The molecule has 5 nitrogen and oxygen atoms in total. The maximum atomic E-state index is 13.1. The molecule has 2 rings (SSSR count). The summed E-state index contributed by atoms with van der Waals surface area (Å²) < 4.78 is 0. The van der Waals surface area contributed by atoms with E-state index in [1.165, 1.54) is 0 Å². The number of anilines is 3. The minimum Gasteiger partial charge on any atom is -0.378 e. The molecule has 0 saturated heterocycles. The molecule has 0 saturated carbocycles. The first-order chi connectivity index (χ1) is 12.7. The van der Waals surface area contributed by atoms with Gasteiger partial charge in [0.05, 0.1) is 0 Å². The van der Waals surface area contributed by atoms with Gasteiger partial charge in [-0.05, 0) is 69.7 Å². The van der Waals surface area contributed by atoms with E-state index in [4.69, 9.17) is 0 Å². The van der Waals surface area contributed by atoms with Crippen LogP contribution < -0.4 is 15.1 Å². The molecule has 0 fully saturated rings. The number of hydrogen-bond acceptors (Lipinski definition) is 3. The van der Waals surface area contributed by atoms with Gasteiger partial charge in [0.25, 0.3) is 0 Å². The van der Waals surface area contributed by atoms with Crippen LogP contribution >= 0.6 is 0 Å². The van der Waals surface area contributed by atoms with Crippen LogP contribution in [-0.2, 0) is 9.59 Å². The van der Waals surface area contributed by atoms with Gasteiger partial charge in [-0.15, -0.1) is 0 Å². The maximum Gasteiger partial charge on any atom is 0.242 e. The van der Waals surface area contributed by atoms with Crippen molar-refractivity contribution in [3.63, 3.8) is 0 Å². The van der Waals surface area contributed by atoms with Crippen LogP contribution in [0.2, 0.25) is 0 Å². The number of carbonyl (C=O) groups is 2. The summed E-state index contributed by atoms with van der Waals surface area (Å²) >= 11 is 0. The van der Waals surface area contributed by atoms with Crippen LogP contribution in [0.3, 0.4) is 0 Å². The first kappa shape index (κ1) is 20.5. The molecule has 0 unspecified atom stereocenters. The third kappa shape index (κ3) is 4.67. The van der Waals surface area contributed by atoms with Crippen LogP contribution in [0.5, 0.6) is 0 Å². The van der Waals surface area contributed by atoms with Crippen molar-refractivity contribution in [1.29, 1.82) is 0 Å². The van der Waals surface area contributed by atoms with Crippen molar-refractivity contribution in [2.24, 2.45) is 5.41 Å². The lowest BCUT2D eigenvalue weighted by Crippen LogP contribution is -2.47. The van der Waals surface area contributed by atoms with E-state index >= 15 is 0 Å². The van der Waals surface area contributed by atoms with Crippen molar-refractivity contribution in [2.45, 2.75) is 27.7 Å². The lowest BCUT2D eigenvalue weighted by molar-refractivity contribution is -0.136. The molecule has 2 amide bonds. The summed E-state index contributed by atoms with van der Waals surface area (Å²) in [6.07, 6.45) is 0. The van der Waals surface area contributed by atoms with E-state index in [9.17, 15) is 9.59 Å². The molecular weight excluding hydrogens is 338 g/mol. The predicted molar refractivity (Wildman–Crippen MR) is 112 cm³/mol. The number of amides is 2. The molecule has 0 radical (unpaired) electrons. The Morgan fingerprint density at radius 2 is 1.63 bits per heavy atom. The third-order valence-electron chi connectivity index (χ3n) is 4.62. The van der Waals surface area contributed by atoms with Crippen LogP contribution in [0.4, 0.5) is 17.1 Å². The van der Waals surface area contributed by atoms with Crippen molar-refractivity contribution >= 4 is 28.9 Å². The highest BCUT2D eigenvalue weighted by Gasteiger charge is 2.39. The molecule has 0 aliphatic heterocycles. The van der Waals surface area contributed by atoms with E-state index in [2.05, 4.69) is 5.32 Å². The fourth-order valence-corrected chi connectivity index (χ4v) is 2.80. The highest BCUT2D eigenvalue weighted by molar-refractivity contribution is 6.14. The topological polar surface area (TPSA) is 52.7 Å². The number of aryl methyl sites for hydroxylation is 1. The number of rotatable bonds is 6. The van der Waals surface area contributed by atoms with Gasteiger partial charge in [0.2, 0.25) is 11.8 Å². The van der Waals surface area contributed by atoms with E-state index < -0.39 is 5.41 Å². The summed E-state index contributed by atoms with van der Waals surface area (Å²) in [6.45, 7) is 7.72. The van der Waals surface area contributed by atoms with Gasteiger partial charge in [-0.1, -0.05) is 12.1 Å². The van der Waals surface area contributed by atoms with Crippen LogP contribution in [0, 0.1) is 12.3 Å². The summed E-state index contributed by atoms with van der Waals surface area (Å²) in [4.78, 5) is 29.6. The fourth-order valence-electron chi connectivity index (χ4n) is 2.80. The molecule has 1 N–H and O–H groups in total. The molecule has 5 heteroatoms. The summed E-state index contributed by atoms with van der Waals surface area (Å²) in [5, 5.41) is 2.87. The second-order valence-corrected chi connectivity index (χ2v) is 7.41. The molecule has 2 aromatic carbocycles. The third-order valence-corrected chi connectivity index (χ3v) is 4.62. The van der Waals surface area contributed by atoms with E-state index in [-0.39, 0.29) is 11.8 Å². The molecule has 0 aliphatic carbocycles. The maximum absolute atomic E-state index is 13.1. The Kier molecular flexibility index (Phi) is 6.26. The summed E-state index contributed by atoms with van der Waals surface area (Å²) in [7, 11) is 3.92. The smallest absolute Gasteiger partial charge is 0.242 e. The van der Waals surface area contributed by atoms with E-state index in [1.807, 2.05) is 81.4 Å². The Hall–Kier alpha value is -2.82. The Balaban J connectivity index is 2.19. The van der Waals surface area contributed by atoms with E-state index in [0.29, 0.717) is 12.2 Å². The van der Waals surface area contributed by atoms with Crippen LogP contribution in [-0.4, -0.2) is 32.5 Å². The predicted octanol–water partition coefficient (Wildman–Crippen LogP) is 4.08. The summed E-state index contributed by atoms with van der Waals surface area (Å²) in [6, 6.07) is 15.3. The molecule has 2 aromatic rings. The summed E-state index contributed by atoms with van der Waals surface area (Å²) in [5.41, 5.74) is 2.39. The van der Waals surface area contributed by atoms with Gasteiger partial charge in [-0.2, -0.15) is 0 Å². The van der Waals surface area contributed by atoms with Gasteiger partial charge < -0.3 is 15.1 Å². The van der Waals surface area contributed by atoms with Crippen molar-refractivity contribution < 1.29 is 9.59 Å². The van der Waals surface area contributed by atoms with Crippen LogP contribution in [0.15, 0.2) is 48.5 Å². The molecular formula is C22H29N3O2. The second kappa shape index (κ2) is 8.25. The number of nitrogens with zero attached hydrogens (tertiary/aromatic N) is 2. The van der Waals surface area contributed by atoms with Crippen molar-refractivity contribution in [3.05, 3.63) is 54.1 Å². The van der Waals surface area contributed by atoms with Gasteiger partial charge in [-0.25, -0.2) is 0 Å². The highest BCUT2D eigenvalue weighted by atomic mass is 16.2. The SMILES string of the molecule is CCN(C(=O)C(C)(C)C(=O)Nc1ccc(N(C)C)cc1)c1cccc(C)c1. The van der Waals surface area contributed by atoms with Crippen LogP contribution in [0.1, 0.15) is 26.3 Å². The Morgan fingerprint density at radius 3 is 2.15 bits per heavy atom. The fraction of sp³-hybridized carbons (Fsp3) is 0.364. The zero-order valence-electron chi connectivity index (χ0n) is 17.0. The zero-order valence-corrected chi connectivity index (χ0v) is 17.0. The number of hydrogen-bond donors (Lipinski definition) is 1. The second-order valence-electron chi connectivity index (χ2n) is 7.41. The summed E-state index contributed by atoms with van der Waals surface area (Å²) in [5.74, 6) is -0.547. The molecule has 0 heterocycles. The number of benzene rings is 2. The van der Waals surface area contributed by atoms with Crippen molar-refractivity contribution in [1.82, 2.24) is 0 Å². The molecule has 0 spiro atoms. The first-order valence-electron chi connectivity index (χ1n) is 9.14. The molecule has 0 bridgehead atoms. The lowest BCUT2D eigenvalue weighted by atomic mass is 9.89. The van der Waals surface area contributed by atoms with Gasteiger partial charge in [0.1, 0.15) is 5.41 Å². The molecule has 0 atom stereocenters. The monoisotopic (exact) mass is 367 g/mol. The Morgan fingerprint density at radius 1 is 1.00 bits per heavy atom. The average Bonchev–Trinajstić information content (AvgIpc) is 2.62. The normalized spacial score (nSPS) is 11.0. The van der Waals surface area contributed by atoms with Crippen molar-refractivity contribution in [3.8, 4) is 0 Å². The Bertz CT molecular complexity index is 811. The number of carbonyl (C=O) groups excluding carboxylic acids is 2. The first-order valence-corrected chi connectivity index (χ1v) is 9.14. The molecule has 0 aromatic heterocycles. The van der Waals surface area contributed by atoms with Crippen molar-refractivity contribution in [2.75, 3.05) is 35.8 Å². The van der Waals surface area contributed by atoms with E-state index in [1.54, 1.807) is 18.7 Å².